The van der Waals surface area contributed by atoms with E-state index in [1.165, 1.54) is 9.13 Å². The van der Waals surface area contributed by atoms with Crippen LogP contribution in [-0.4, -0.2) is 47.2 Å². The molecule has 0 amide bonds. The maximum absolute atomic E-state index is 12.9. The highest BCUT2D eigenvalue weighted by Crippen LogP contribution is 2.25. The predicted molar refractivity (Wildman–Crippen MR) is 106 cm³/mol. The Labute approximate surface area is 170 Å². The van der Waals surface area contributed by atoms with E-state index in [1.54, 1.807) is 13.4 Å². The van der Waals surface area contributed by atoms with E-state index in [-0.39, 0.29) is 17.5 Å². The average molecular weight is 412 g/mol. The van der Waals surface area contributed by atoms with Gasteiger partial charge in [0.15, 0.2) is 0 Å². The Kier molecular flexibility index (Phi) is 5.95. The molecule has 1 aliphatic rings. The molecule has 1 aromatic carbocycles. The highest BCUT2D eigenvalue weighted by atomic mass is 16.4. The fourth-order valence-electron chi connectivity index (χ4n) is 3.44. The largest absolute Gasteiger partial charge is 0.478 e. The zero-order valence-corrected chi connectivity index (χ0v) is 16.1. The average Bonchev–Trinajstić information content (AvgIpc) is 3.29. The summed E-state index contributed by atoms with van der Waals surface area (Å²) in [6.45, 7) is 0. The smallest absolute Gasteiger partial charge is 0.335 e. The highest BCUT2D eigenvalue weighted by molar-refractivity contribution is 5.92. The molecule has 2 heterocycles. The number of hydrogen-bond donors (Lipinski definition) is 3. The van der Waals surface area contributed by atoms with Crippen LogP contribution < -0.4 is 5.69 Å². The van der Waals surface area contributed by atoms with E-state index in [9.17, 15) is 19.2 Å². The molecular formula is C20H20N4O6. The number of carbonyl (C=O) groups is 3. The normalized spacial score (nSPS) is 15.4. The lowest BCUT2D eigenvalue weighted by molar-refractivity contribution is -0.134. The molecular weight excluding hydrogens is 392 g/mol. The Balaban J connectivity index is 0.000000275. The van der Waals surface area contributed by atoms with Crippen LogP contribution in [0.5, 0.6) is 0 Å². The second kappa shape index (κ2) is 8.60. The van der Waals surface area contributed by atoms with Crippen LogP contribution in [-0.2, 0) is 29.5 Å². The van der Waals surface area contributed by atoms with Crippen LogP contribution in [0.15, 0.2) is 47.5 Å². The van der Waals surface area contributed by atoms with Gasteiger partial charge in [-0.05, 0) is 25.0 Å². The third-order valence-electron chi connectivity index (χ3n) is 4.89. The summed E-state index contributed by atoms with van der Waals surface area (Å²) >= 11 is 0. The van der Waals surface area contributed by atoms with E-state index in [2.05, 4.69) is 9.97 Å². The van der Waals surface area contributed by atoms with Crippen molar-refractivity contribution in [3.8, 4) is 0 Å². The fraction of sp³-hybridized carbons (Fsp3) is 0.250. The molecule has 3 aromatic rings. The van der Waals surface area contributed by atoms with Gasteiger partial charge >= 0.3 is 17.6 Å². The van der Waals surface area contributed by atoms with Gasteiger partial charge in [0.2, 0.25) is 5.91 Å². The monoisotopic (exact) mass is 412 g/mol. The summed E-state index contributed by atoms with van der Waals surface area (Å²) in [6, 6.07) is 7.38. The number of nitrogens with one attached hydrogen (secondary N) is 1. The molecule has 0 bridgehead atoms. The molecule has 1 unspecified atom stereocenters. The van der Waals surface area contributed by atoms with E-state index in [4.69, 9.17) is 10.2 Å². The minimum Gasteiger partial charge on any atom is -0.478 e. The molecule has 0 aliphatic heterocycles. The number of carboxylic acids is 2. The molecule has 3 N–H and O–H groups in total. The summed E-state index contributed by atoms with van der Waals surface area (Å²) in [5, 5.41) is 15.6. The number of benzene rings is 1. The lowest BCUT2D eigenvalue weighted by atomic mass is 9.89. The zero-order valence-electron chi connectivity index (χ0n) is 16.1. The van der Waals surface area contributed by atoms with Crippen molar-refractivity contribution >= 4 is 28.9 Å². The molecule has 4 rings (SSSR count). The standard InChI is InChI=1S/C16H16N4O2.C4H4O4/c1-19-13-4-2-3-5-14(13)20(16(19)22)15(21)10-6-7-11-12(8-10)18-9-17-11;5-3(6)1-2-4(7)8/h2-5,9-10H,6-8H2,1H3,(H,17,18);1-2H,(H,5,6)(H,7,8)/b;2-1+. The van der Waals surface area contributed by atoms with Crippen molar-refractivity contribution in [1.82, 2.24) is 19.1 Å². The van der Waals surface area contributed by atoms with Crippen molar-refractivity contribution in [1.29, 1.82) is 0 Å². The first-order valence-electron chi connectivity index (χ1n) is 9.15. The van der Waals surface area contributed by atoms with Gasteiger partial charge in [0.25, 0.3) is 0 Å². The molecule has 0 fully saturated rings. The number of aromatic nitrogens is 4. The number of nitrogens with zero attached hydrogens (tertiary/aromatic N) is 3. The van der Waals surface area contributed by atoms with Crippen LogP contribution in [0.3, 0.4) is 0 Å². The summed E-state index contributed by atoms with van der Waals surface area (Å²) < 4.78 is 2.84. The van der Waals surface area contributed by atoms with Gasteiger partial charge in [-0.15, -0.1) is 0 Å². The number of H-pyrrole nitrogens is 1. The Morgan fingerprint density at radius 1 is 1.13 bits per heavy atom. The second-order valence-corrected chi connectivity index (χ2v) is 6.78. The van der Waals surface area contributed by atoms with E-state index in [0.29, 0.717) is 24.1 Å². The summed E-state index contributed by atoms with van der Waals surface area (Å²) in [5.41, 5.74) is 3.22. The van der Waals surface area contributed by atoms with Crippen LogP contribution in [0.1, 0.15) is 22.6 Å². The van der Waals surface area contributed by atoms with E-state index < -0.39 is 11.9 Å². The molecule has 1 atom stereocenters. The molecule has 10 heteroatoms. The second-order valence-electron chi connectivity index (χ2n) is 6.78. The first-order valence-corrected chi connectivity index (χ1v) is 9.15. The minimum absolute atomic E-state index is 0.129. The van der Waals surface area contributed by atoms with Crippen LogP contribution in [0, 0.1) is 5.92 Å². The number of imidazole rings is 2. The third-order valence-corrected chi connectivity index (χ3v) is 4.89. The van der Waals surface area contributed by atoms with Gasteiger partial charge < -0.3 is 15.2 Å². The Bertz CT molecular complexity index is 1180. The summed E-state index contributed by atoms with van der Waals surface area (Å²) in [7, 11) is 1.70. The number of aryl methyl sites for hydroxylation is 2. The van der Waals surface area contributed by atoms with E-state index in [0.717, 1.165) is 29.7 Å². The Morgan fingerprint density at radius 2 is 1.77 bits per heavy atom. The maximum Gasteiger partial charge on any atom is 0.335 e. The zero-order chi connectivity index (χ0) is 21.8. The lowest BCUT2D eigenvalue weighted by Crippen LogP contribution is -2.34. The molecule has 10 nitrogen and oxygen atoms in total. The number of hydrogen-bond acceptors (Lipinski definition) is 5. The quantitative estimate of drug-likeness (QED) is 0.548. The van der Waals surface area contributed by atoms with Gasteiger partial charge in [-0.3, -0.25) is 9.36 Å². The Hall–Kier alpha value is -3.95. The first kappa shape index (κ1) is 20.8. The number of carboxylic acid groups (broad SMARTS) is 2. The third kappa shape index (κ3) is 4.22. The number of carbonyl (C=O) groups excluding carboxylic acids is 1. The Morgan fingerprint density at radius 3 is 2.40 bits per heavy atom. The van der Waals surface area contributed by atoms with Crippen molar-refractivity contribution in [3.05, 3.63) is 64.6 Å². The minimum atomic E-state index is -1.26. The SMILES string of the molecule is Cn1c(=O)n(C(=O)C2CCc3[nH]cnc3C2)c2ccccc21.O=C(O)/C=C/C(=O)O. The van der Waals surface area contributed by atoms with Gasteiger partial charge in [-0.25, -0.2) is 23.9 Å². The van der Waals surface area contributed by atoms with Crippen LogP contribution >= 0.6 is 0 Å². The lowest BCUT2D eigenvalue weighted by Gasteiger charge is -2.20. The van der Waals surface area contributed by atoms with Crippen molar-refractivity contribution in [2.75, 3.05) is 0 Å². The van der Waals surface area contributed by atoms with Gasteiger partial charge in [0.05, 0.1) is 23.1 Å². The van der Waals surface area contributed by atoms with Crippen molar-refractivity contribution < 1.29 is 24.6 Å². The molecule has 0 radical (unpaired) electrons. The van der Waals surface area contributed by atoms with Crippen molar-refractivity contribution in [2.45, 2.75) is 19.3 Å². The predicted octanol–water partition coefficient (Wildman–Crippen LogP) is 1.22. The molecule has 0 saturated carbocycles. The number of rotatable bonds is 3. The topological polar surface area (TPSA) is 147 Å². The maximum atomic E-state index is 12.9. The van der Waals surface area contributed by atoms with E-state index >= 15 is 0 Å². The molecule has 2 aromatic heterocycles. The van der Waals surface area contributed by atoms with Crippen LogP contribution in [0.25, 0.3) is 11.0 Å². The molecule has 0 spiro atoms. The van der Waals surface area contributed by atoms with Gasteiger partial charge in [0.1, 0.15) is 0 Å². The van der Waals surface area contributed by atoms with Gasteiger partial charge in [0, 0.05) is 37.2 Å². The molecule has 1 aliphatic carbocycles. The van der Waals surface area contributed by atoms with Crippen LogP contribution in [0.2, 0.25) is 0 Å². The fourth-order valence-corrected chi connectivity index (χ4v) is 3.44. The van der Waals surface area contributed by atoms with Crippen molar-refractivity contribution in [3.63, 3.8) is 0 Å². The summed E-state index contributed by atoms with van der Waals surface area (Å²) in [6.07, 6.45) is 4.91. The number of para-hydroxylation sites is 2. The number of fused-ring (bicyclic) bond motifs is 2. The molecule has 30 heavy (non-hydrogen) atoms. The van der Waals surface area contributed by atoms with Gasteiger partial charge in [-0.1, -0.05) is 12.1 Å². The summed E-state index contributed by atoms with van der Waals surface area (Å²) in [5.74, 6) is -2.84. The first-order chi connectivity index (χ1) is 14.3. The summed E-state index contributed by atoms with van der Waals surface area (Å²) in [4.78, 5) is 51.8. The van der Waals surface area contributed by atoms with Gasteiger partial charge in [-0.2, -0.15) is 0 Å². The number of aromatic amines is 1. The van der Waals surface area contributed by atoms with E-state index in [1.807, 2.05) is 24.3 Å². The molecule has 0 saturated heterocycles. The van der Waals surface area contributed by atoms with Crippen LogP contribution in [0.4, 0.5) is 0 Å². The molecule has 156 valence electrons. The number of aliphatic carboxylic acids is 2. The van der Waals surface area contributed by atoms with Crippen molar-refractivity contribution in [2.24, 2.45) is 13.0 Å². The highest BCUT2D eigenvalue weighted by Gasteiger charge is 2.29.